The zero-order valence-corrected chi connectivity index (χ0v) is 16.6. The van der Waals surface area contributed by atoms with Crippen LogP contribution < -0.4 is 14.8 Å². The molecule has 5 heteroatoms. The van der Waals surface area contributed by atoms with Crippen LogP contribution in [0.25, 0.3) is 10.9 Å². The fourth-order valence-corrected chi connectivity index (χ4v) is 2.95. The Morgan fingerprint density at radius 1 is 1.00 bits per heavy atom. The summed E-state index contributed by atoms with van der Waals surface area (Å²) in [5, 5.41) is 3.89. The minimum absolute atomic E-state index is 0.0952. The number of carbonyl (C=O) groups excluding carboxylic acids is 1. The Balaban J connectivity index is 1.48. The van der Waals surface area contributed by atoms with Gasteiger partial charge in [0.1, 0.15) is 11.5 Å². The maximum Gasteiger partial charge on any atom is 0.253 e. The van der Waals surface area contributed by atoms with Gasteiger partial charge in [-0.2, -0.15) is 0 Å². The molecule has 1 N–H and O–H groups in total. The molecule has 3 aromatic rings. The van der Waals surface area contributed by atoms with E-state index in [1.54, 1.807) is 7.11 Å². The molecule has 0 aliphatic rings. The van der Waals surface area contributed by atoms with E-state index in [2.05, 4.69) is 17.2 Å². The summed E-state index contributed by atoms with van der Waals surface area (Å²) < 4.78 is 10.9. The van der Waals surface area contributed by atoms with Crippen LogP contribution in [0.4, 0.5) is 0 Å². The zero-order chi connectivity index (χ0) is 19.9. The third kappa shape index (κ3) is 5.00. The number of hydrogen-bond acceptors (Lipinski definition) is 4. The van der Waals surface area contributed by atoms with E-state index in [4.69, 9.17) is 9.47 Å². The molecule has 0 saturated carbocycles. The van der Waals surface area contributed by atoms with Crippen molar-refractivity contribution in [3.05, 3.63) is 65.4 Å². The molecule has 1 aromatic heterocycles. The minimum Gasteiger partial charge on any atom is -0.497 e. The highest BCUT2D eigenvalue weighted by atomic mass is 16.5. The molecule has 0 spiro atoms. The van der Waals surface area contributed by atoms with Crippen LogP contribution in [0.5, 0.6) is 11.5 Å². The zero-order valence-electron chi connectivity index (χ0n) is 16.6. The van der Waals surface area contributed by atoms with Crippen molar-refractivity contribution in [2.45, 2.75) is 26.7 Å². The third-order valence-corrected chi connectivity index (χ3v) is 4.61. The topological polar surface area (TPSA) is 60.5 Å². The molecule has 0 atom stereocenters. The van der Waals surface area contributed by atoms with Gasteiger partial charge in [0, 0.05) is 18.0 Å². The van der Waals surface area contributed by atoms with Crippen LogP contribution >= 0.6 is 0 Å². The largest absolute Gasteiger partial charge is 0.497 e. The fraction of sp³-hybridized carbons (Fsp3) is 0.304. The highest BCUT2D eigenvalue weighted by Crippen LogP contribution is 2.21. The van der Waals surface area contributed by atoms with Gasteiger partial charge in [0.25, 0.3) is 5.91 Å². The molecule has 2 aromatic carbocycles. The van der Waals surface area contributed by atoms with Crippen LogP contribution in [0.3, 0.4) is 0 Å². The number of pyridine rings is 1. The highest BCUT2D eigenvalue weighted by Gasteiger charge is 2.11. The van der Waals surface area contributed by atoms with E-state index in [0.29, 0.717) is 24.4 Å². The number of methoxy groups -OCH3 is 1. The molecule has 0 unspecified atom stereocenters. The number of fused-ring (bicyclic) bond motifs is 1. The van der Waals surface area contributed by atoms with Crippen molar-refractivity contribution in [2.24, 2.45) is 0 Å². The lowest BCUT2D eigenvalue weighted by atomic mass is 10.1. The Hall–Kier alpha value is -3.08. The number of unbranched alkanes of at least 4 members (excludes halogenated alkanes) is 1. The number of nitrogens with zero attached hydrogens (tertiary/aromatic N) is 1. The summed E-state index contributed by atoms with van der Waals surface area (Å²) in [4.78, 5) is 17.1. The lowest BCUT2D eigenvalue weighted by molar-refractivity contribution is 0.0951. The molecule has 0 radical (unpaired) electrons. The number of ether oxygens (including phenoxy) is 2. The monoisotopic (exact) mass is 378 g/mol. The number of aromatic nitrogens is 1. The number of benzene rings is 2. The van der Waals surface area contributed by atoms with Crippen LogP contribution in [0.1, 0.15) is 34.5 Å². The molecule has 1 heterocycles. The number of nitrogens with one attached hydrogen (secondary N) is 1. The Bertz CT molecular complexity index is 952. The van der Waals surface area contributed by atoms with Crippen molar-refractivity contribution in [3.8, 4) is 11.5 Å². The number of hydrogen-bond donors (Lipinski definition) is 1. The van der Waals surface area contributed by atoms with Crippen molar-refractivity contribution >= 4 is 16.8 Å². The summed E-state index contributed by atoms with van der Waals surface area (Å²) in [5.74, 6) is 1.54. The quantitative estimate of drug-likeness (QED) is 0.588. The SMILES string of the molecule is COc1ccc2cc(C(=O)NCCCCOc3ccc(C)cc3)c(C)nc2c1. The van der Waals surface area contributed by atoms with Gasteiger partial charge in [-0.05, 0) is 57.0 Å². The van der Waals surface area contributed by atoms with Crippen LogP contribution in [-0.2, 0) is 0 Å². The van der Waals surface area contributed by atoms with Gasteiger partial charge in [0.2, 0.25) is 0 Å². The first-order valence-corrected chi connectivity index (χ1v) is 9.50. The van der Waals surface area contributed by atoms with Crippen LogP contribution in [0, 0.1) is 13.8 Å². The van der Waals surface area contributed by atoms with Crippen LogP contribution in [0.2, 0.25) is 0 Å². The van der Waals surface area contributed by atoms with Gasteiger partial charge < -0.3 is 14.8 Å². The first kappa shape index (κ1) is 19.7. The maximum atomic E-state index is 12.5. The Morgan fingerprint density at radius 2 is 1.75 bits per heavy atom. The van der Waals surface area contributed by atoms with Gasteiger partial charge in [-0.1, -0.05) is 17.7 Å². The summed E-state index contributed by atoms with van der Waals surface area (Å²) in [6.45, 7) is 5.15. The third-order valence-electron chi connectivity index (χ3n) is 4.61. The number of aryl methyl sites for hydroxylation is 2. The molecular formula is C23H26N2O3. The van der Waals surface area contributed by atoms with E-state index in [0.717, 1.165) is 35.2 Å². The van der Waals surface area contributed by atoms with Crippen molar-refractivity contribution < 1.29 is 14.3 Å². The van der Waals surface area contributed by atoms with Crippen LogP contribution in [0.15, 0.2) is 48.5 Å². The Morgan fingerprint density at radius 3 is 2.50 bits per heavy atom. The highest BCUT2D eigenvalue weighted by molar-refractivity contribution is 5.98. The maximum absolute atomic E-state index is 12.5. The lowest BCUT2D eigenvalue weighted by Crippen LogP contribution is -2.25. The fourth-order valence-electron chi connectivity index (χ4n) is 2.95. The van der Waals surface area contributed by atoms with E-state index in [9.17, 15) is 4.79 Å². The predicted octanol–water partition coefficient (Wildman–Crippen LogP) is 4.45. The normalized spacial score (nSPS) is 10.7. The summed E-state index contributed by atoms with van der Waals surface area (Å²) in [7, 11) is 1.63. The van der Waals surface area contributed by atoms with E-state index in [1.807, 2.05) is 55.5 Å². The average Bonchev–Trinajstić information content (AvgIpc) is 2.70. The van der Waals surface area contributed by atoms with Crippen molar-refractivity contribution in [1.82, 2.24) is 10.3 Å². The number of carbonyl (C=O) groups is 1. The van der Waals surface area contributed by atoms with Gasteiger partial charge in [0.15, 0.2) is 0 Å². The van der Waals surface area contributed by atoms with Crippen molar-refractivity contribution in [3.63, 3.8) is 0 Å². The van der Waals surface area contributed by atoms with E-state index in [1.165, 1.54) is 5.56 Å². The summed E-state index contributed by atoms with van der Waals surface area (Å²) in [5.41, 5.74) is 3.35. The van der Waals surface area contributed by atoms with Gasteiger partial charge in [-0.3, -0.25) is 9.78 Å². The first-order valence-electron chi connectivity index (χ1n) is 9.50. The molecule has 5 nitrogen and oxygen atoms in total. The minimum atomic E-state index is -0.0952. The summed E-state index contributed by atoms with van der Waals surface area (Å²) in [6, 6.07) is 15.6. The van der Waals surface area contributed by atoms with E-state index in [-0.39, 0.29) is 5.91 Å². The molecule has 28 heavy (non-hydrogen) atoms. The molecule has 3 rings (SSSR count). The standard InChI is InChI=1S/C23H26N2O3/c1-16-6-9-19(10-7-16)28-13-5-4-12-24-23(26)21-14-18-8-11-20(27-3)15-22(18)25-17(21)2/h6-11,14-15H,4-5,12-13H2,1-3H3,(H,24,26). The van der Waals surface area contributed by atoms with Crippen LogP contribution in [-0.4, -0.2) is 31.2 Å². The van der Waals surface area contributed by atoms with Gasteiger partial charge in [-0.15, -0.1) is 0 Å². The molecule has 0 saturated heterocycles. The smallest absolute Gasteiger partial charge is 0.253 e. The van der Waals surface area contributed by atoms with Crippen molar-refractivity contribution in [2.75, 3.05) is 20.3 Å². The van der Waals surface area contributed by atoms with Gasteiger partial charge in [-0.25, -0.2) is 0 Å². The molecule has 0 fully saturated rings. The summed E-state index contributed by atoms with van der Waals surface area (Å²) in [6.07, 6.45) is 1.73. The second-order valence-electron chi connectivity index (χ2n) is 6.80. The molecule has 0 aliphatic heterocycles. The molecular weight excluding hydrogens is 352 g/mol. The van der Waals surface area contributed by atoms with E-state index < -0.39 is 0 Å². The first-order chi connectivity index (χ1) is 13.6. The molecule has 1 amide bonds. The second kappa shape index (κ2) is 9.22. The molecule has 0 bridgehead atoms. The number of rotatable bonds is 8. The lowest BCUT2D eigenvalue weighted by Gasteiger charge is -2.10. The van der Waals surface area contributed by atoms with E-state index >= 15 is 0 Å². The predicted molar refractivity (Wildman–Crippen MR) is 111 cm³/mol. The molecule has 146 valence electrons. The van der Waals surface area contributed by atoms with Gasteiger partial charge >= 0.3 is 0 Å². The number of amides is 1. The average molecular weight is 378 g/mol. The Labute approximate surface area is 165 Å². The molecule has 0 aliphatic carbocycles. The summed E-state index contributed by atoms with van der Waals surface area (Å²) >= 11 is 0. The Kier molecular flexibility index (Phi) is 6.48. The van der Waals surface area contributed by atoms with Crippen molar-refractivity contribution in [1.29, 1.82) is 0 Å². The second-order valence-corrected chi connectivity index (χ2v) is 6.80. The van der Waals surface area contributed by atoms with Gasteiger partial charge in [0.05, 0.1) is 30.5 Å².